The molecule has 108 valence electrons. The van der Waals surface area contributed by atoms with Gasteiger partial charge >= 0.3 is 5.97 Å². The van der Waals surface area contributed by atoms with Gasteiger partial charge in [-0.05, 0) is 24.3 Å². The summed E-state index contributed by atoms with van der Waals surface area (Å²) in [5, 5.41) is 3.69. The summed E-state index contributed by atoms with van der Waals surface area (Å²) in [5.74, 6) is 0.735. The van der Waals surface area contributed by atoms with Crippen molar-refractivity contribution in [1.82, 2.24) is 0 Å². The zero-order valence-electron chi connectivity index (χ0n) is 11.8. The fourth-order valence-electron chi connectivity index (χ4n) is 1.68. The lowest BCUT2D eigenvalue weighted by molar-refractivity contribution is 0.0519. The number of ether oxygens (including phenoxy) is 2. The molecule has 0 N–H and O–H groups in total. The van der Waals surface area contributed by atoms with E-state index >= 15 is 0 Å². The largest absolute Gasteiger partial charge is 0.497 e. The monoisotopic (exact) mass is 285 g/mol. The highest BCUT2D eigenvalue weighted by atomic mass is 16.7. The molecule has 0 aliphatic heterocycles. The topological polar surface area (TPSA) is 57.1 Å². The van der Waals surface area contributed by atoms with E-state index in [-0.39, 0.29) is 0 Å². The van der Waals surface area contributed by atoms with Gasteiger partial charge in [-0.2, -0.15) is 0 Å². The number of oxime groups is 1. The number of carbonyl (C=O) groups is 1. The van der Waals surface area contributed by atoms with Crippen LogP contribution >= 0.6 is 0 Å². The summed E-state index contributed by atoms with van der Waals surface area (Å²) in [7, 11) is 3.12. The summed E-state index contributed by atoms with van der Waals surface area (Å²) in [6, 6.07) is 13.9. The molecule has 0 aliphatic rings. The third-order valence-corrected chi connectivity index (χ3v) is 2.78. The van der Waals surface area contributed by atoms with Gasteiger partial charge in [-0.25, -0.2) is 4.79 Å². The molecule has 0 aromatic heterocycles. The van der Waals surface area contributed by atoms with Crippen LogP contribution in [0.5, 0.6) is 11.5 Å². The molecule has 5 nitrogen and oxygen atoms in total. The second kappa shape index (κ2) is 7.09. The van der Waals surface area contributed by atoms with Crippen LogP contribution in [-0.4, -0.2) is 26.4 Å². The predicted molar refractivity (Wildman–Crippen MR) is 79.0 cm³/mol. The van der Waals surface area contributed by atoms with E-state index in [1.165, 1.54) is 6.21 Å². The fraction of sp³-hybridized carbons (Fsp3) is 0.125. The van der Waals surface area contributed by atoms with Crippen molar-refractivity contribution in [2.24, 2.45) is 5.16 Å². The van der Waals surface area contributed by atoms with Gasteiger partial charge < -0.3 is 14.3 Å². The van der Waals surface area contributed by atoms with Crippen molar-refractivity contribution in [3.8, 4) is 11.5 Å². The number of benzene rings is 2. The Kier molecular flexibility index (Phi) is 4.93. The number of hydrogen-bond donors (Lipinski definition) is 0. The average Bonchev–Trinajstić information content (AvgIpc) is 2.55. The zero-order chi connectivity index (χ0) is 15.1. The first-order chi connectivity index (χ1) is 10.2. The number of hydrogen-bond acceptors (Lipinski definition) is 5. The molecule has 0 heterocycles. The normalized spacial score (nSPS) is 10.4. The van der Waals surface area contributed by atoms with Crippen molar-refractivity contribution < 1.29 is 19.1 Å². The van der Waals surface area contributed by atoms with Gasteiger partial charge in [0.15, 0.2) is 0 Å². The van der Waals surface area contributed by atoms with Crippen molar-refractivity contribution in [3.63, 3.8) is 0 Å². The second-order valence-electron chi connectivity index (χ2n) is 4.09. The maximum atomic E-state index is 11.7. The Morgan fingerprint density at radius 1 is 1.05 bits per heavy atom. The van der Waals surface area contributed by atoms with Gasteiger partial charge in [0.05, 0.1) is 26.0 Å². The molecule has 0 saturated heterocycles. The van der Waals surface area contributed by atoms with Gasteiger partial charge in [-0.15, -0.1) is 0 Å². The first-order valence-electron chi connectivity index (χ1n) is 6.26. The lowest BCUT2D eigenvalue weighted by Gasteiger charge is -2.06. The maximum absolute atomic E-state index is 11.7. The van der Waals surface area contributed by atoms with Crippen LogP contribution in [0.1, 0.15) is 15.9 Å². The van der Waals surface area contributed by atoms with Gasteiger partial charge in [0.25, 0.3) is 0 Å². The molecular weight excluding hydrogens is 270 g/mol. The minimum absolute atomic E-state index is 0.441. The third kappa shape index (κ3) is 3.82. The summed E-state index contributed by atoms with van der Waals surface area (Å²) in [6.07, 6.45) is 1.42. The molecule has 0 aliphatic carbocycles. The first-order valence-corrected chi connectivity index (χ1v) is 6.26. The first kappa shape index (κ1) is 14.6. The highest BCUT2D eigenvalue weighted by Gasteiger charge is 2.06. The number of rotatable bonds is 5. The quantitative estimate of drug-likeness (QED) is 0.481. The molecule has 0 unspecified atom stereocenters. The van der Waals surface area contributed by atoms with E-state index in [1.807, 2.05) is 6.07 Å². The zero-order valence-corrected chi connectivity index (χ0v) is 11.8. The van der Waals surface area contributed by atoms with Gasteiger partial charge in [0.1, 0.15) is 11.5 Å². The number of nitrogens with zero attached hydrogens (tertiary/aromatic N) is 1. The van der Waals surface area contributed by atoms with Crippen LogP contribution < -0.4 is 9.47 Å². The molecule has 0 spiro atoms. The highest BCUT2D eigenvalue weighted by Crippen LogP contribution is 2.23. The lowest BCUT2D eigenvalue weighted by atomic mass is 10.2. The smallest absolute Gasteiger partial charge is 0.365 e. The van der Waals surface area contributed by atoms with Gasteiger partial charge in [-0.3, -0.25) is 0 Å². The molecule has 0 fully saturated rings. The van der Waals surface area contributed by atoms with E-state index in [1.54, 1.807) is 56.7 Å². The molecule has 0 amide bonds. The number of methoxy groups -OCH3 is 2. The third-order valence-electron chi connectivity index (χ3n) is 2.78. The molecule has 0 atom stereocenters. The Morgan fingerprint density at radius 2 is 1.81 bits per heavy atom. The molecule has 0 bridgehead atoms. The Balaban J connectivity index is 2.06. The van der Waals surface area contributed by atoms with E-state index in [0.717, 1.165) is 0 Å². The van der Waals surface area contributed by atoms with Crippen LogP contribution in [0.2, 0.25) is 0 Å². The summed E-state index contributed by atoms with van der Waals surface area (Å²) in [5.41, 5.74) is 1.12. The Morgan fingerprint density at radius 3 is 2.48 bits per heavy atom. The van der Waals surface area contributed by atoms with Crippen molar-refractivity contribution in [2.45, 2.75) is 0 Å². The van der Waals surface area contributed by atoms with Crippen molar-refractivity contribution in [2.75, 3.05) is 14.2 Å². The van der Waals surface area contributed by atoms with Crippen molar-refractivity contribution in [1.29, 1.82) is 0 Å². The number of carbonyl (C=O) groups excluding carboxylic acids is 1. The highest BCUT2D eigenvalue weighted by molar-refractivity contribution is 5.90. The molecule has 2 rings (SSSR count). The van der Waals surface area contributed by atoms with Crippen LogP contribution in [0.15, 0.2) is 53.7 Å². The average molecular weight is 285 g/mol. The second-order valence-corrected chi connectivity index (χ2v) is 4.09. The lowest BCUT2D eigenvalue weighted by Crippen LogP contribution is -2.00. The Labute approximate surface area is 122 Å². The van der Waals surface area contributed by atoms with Crippen LogP contribution in [-0.2, 0) is 4.84 Å². The van der Waals surface area contributed by atoms with Crippen molar-refractivity contribution in [3.05, 3.63) is 59.7 Å². The maximum Gasteiger partial charge on any atom is 0.365 e. The van der Waals surface area contributed by atoms with E-state index < -0.39 is 5.97 Å². The summed E-state index contributed by atoms with van der Waals surface area (Å²) >= 11 is 0. The van der Waals surface area contributed by atoms with E-state index in [0.29, 0.717) is 22.6 Å². The molecule has 5 heteroatoms. The van der Waals surface area contributed by atoms with Gasteiger partial charge in [-0.1, -0.05) is 23.4 Å². The molecular formula is C16H15NO4. The van der Waals surface area contributed by atoms with E-state index in [9.17, 15) is 4.79 Å². The van der Waals surface area contributed by atoms with E-state index in [2.05, 4.69) is 5.16 Å². The minimum Gasteiger partial charge on any atom is -0.497 e. The van der Waals surface area contributed by atoms with Crippen LogP contribution in [0, 0.1) is 0 Å². The predicted octanol–water partition coefficient (Wildman–Crippen LogP) is 2.89. The van der Waals surface area contributed by atoms with Gasteiger partial charge in [0, 0.05) is 11.6 Å². The minimum atomic E-state index is -0.515. The molecule has 21 heavy (non-hydrogen) atoms. The molecule has 0 saturated carbocycles. The molecule has 2 aromatic carbocycles. The summed E-state index contributed by atoms with van der Waals surface area (Å²) < 4.78 is 10.3. The Hall–Kier alpha value is -2.82. The van der Waals surface area contributed by atoms with E-state index in [4.69, 9.17) is 14.3 Å². The molecule has 2 aromatic rings. The van der Waals surface area contributed by atoms with Gasteiger partial charge in [0.2, 0.25) is 0 Å². The Bertz CT molecular complexity index is 638. The van der Waals surface area contributed by atoms with Crippen LogP contribution in [0.3, 0.4) is 0 Å². The SMILES string of the molecule is COc1ccc(/C=N\OC(=O)c2ccccc2)c(OC)c1. The standard InChI is InChI=1S/C16H15NO4/c1-19-14-9-8-13(15(10-14)20-2)11-17-21-16(18)12-6-4-3-5-7-12/h3-11H,1-2H3/b17-11-. The van der Waals surface area contributed by atoms with Crippen molar-refractivity contribution >= 4 is 12.2 Å². The summed E-state index contributed by atoms with van der Waals surface area (Å²) in [6.45, 7) is 0. The summed E-state index contributed by atoms with van der Waals surface area (Å²) in [4.78, 5) is 16.5. The molecule has 0 radical (unpaired) electrons. The van der Waals surface area contributed by atoms with Crippen LogP contribution in [0.25, 0.3) is 0 Å². The van der Waals surface area contributed by atoms with Crippen LogP contribution in [0.4, 0.5) is 0 Å². The fourth-order valence-corrected chi connectivity index (χ4v) is 1.68.